The summed E-state index contributed by atoms with van der Waals surface area (Å²) in [4.78, 5) is 31.1. The summed E-state index contributed by atoms with van der Waals surface area (Å²) in [5.41, 5.74) is 2.45. The molecule has 27 heavy (non-hydrogen) atoms. The standard InChI is InChI=1S/C21H26N4O2/c1-25(2)18-10-8-17(9-11-18)23-20(26)15-12-13-22-19(14-15)21(27)24-16-6-4-3-5-7-16/h8-14,16H,3-7H2,1-2H3,(H,23,26)(H,24,27). The highest BCUT2D eigenvalue weighted by Crippen LogP contribution is 2.18. The van der Waals surface area contributed by atoms with Crippen molar-refractivity contribution in [2.45, 2.75) is 38.1 Å². The monoisotopic (exact) mass is 366 g/mol. The van der Waals surface area contributed by atoms with E-state index in [2.05, 4.69) is 15.6 Å². The van der Waals surface area contributed by atoms with Crippen LogP contribution in [0.4, 0.5) is 11.4 Å². The van der Waals surface area contributed by atoms with Gasteiger partial charge in [0.15, 0.2) is 0 Å². The van der Waals surface area contributed by atoms with Crippen LogP contribution in [-0.4, -0.2) is 36.9 Å². The van der Waals surface area contributed by atoms with Crippen molar-refractivity contribution in [1.82, 2.24) is 10.3 Å². The second kappa shape index (κ2) is 8.66. The molecule has 1 saturated carbocycles. The quantitative estimate of drug-likeness (QED) is 0.850. The molecule has 1 aromatic heterocycles. The number of hydrogen-bond acceptors (Lipinski definition) is 4. The van der Waals surface area contributed by atoms with E-state index in [1.807, 2.05) is 43.3 Å². The lowest BCUT2D eigenvalue weighted by Gasteiger charge is -2.22. The van der Waals surface area contributed by atoms with Crippen molar-refractivity contribution in [2.75, 3.05) is 24.3 Å². The van der Waals surface area contributed by atoms with Crippen molar-refractivity contribution in [3.8, 4) is 0 Å². The smallest absolute Gasteiger partial charge is 0.270 e. The third-order valence-electron chi connectivity index (χ3n) is 4.84. The Kier molecular flexibility index (Phi) is 6.06. The average Bonchev–Trinajstić information content (AvgIpc) is 2.69. The van der Waals surface area contributed by atoms with Gasteiger partial charge in [0.05, 0.1) is 0 Å². The molecule has 1 aliphatic rings. The fourth-order valence-electron chi connectivity index (χ4n) is 3.25. The minimum absolute atomic E-state index is 0.209. The second-order valence-corrected chi connectivity index (χ2v) is 7.13. The van der Waals surface area contributed by atoms with Gasteiger partial charge in [0.2, 0.25) is 0 Å². The van der Waals surface area contributed by atoms with Gasteiger partial charge in [-0.05, 0) is 49.2 Å². The molecule has 2 N–H and O–H groups in total. The van der Waals surface area contributed by atoms with Gasteiger partial charge in [0.25, 0.3) is 11.8 Å². The molecule has 0 radical (unpaired) electrons. The highest BCUT2D eigenvalue weighted by molar-refractivity contribution is 6.05. The van der Waals surface area contributed by atoms with Gasteiger partial charge in [-0.2, -0.15) is 0 Å². The molecule has 0 unspecified atom stereocenters. The summed E-state index contributed by atoms with van der Waals surface area (Å²) in [6.45, 7) is 0. The van der Waals surface area contributed by atoms with Crippen molar-refractivity contribution in [1.29, 1.82) is 0 Å². The molecule has 0 aliphatic heterocycles. The minimum atomic E-state index is -0.262. The molecule has 1 aliphatic carbocycles. The maximum atomic E-state index is 12.5. The Morgan fingerprint density at radius 2 is 1.70 bits per heavy atom. The van der Waals surface area contributed by atoms with Crippen molar-refractivity contribution in [3.63, 3.8) is 0 Å². The number of benzene rings is 1. The molecule has 3 rings (SSSR count). The number of aromatic nitrogens is 1. The van der Waals surface area contributed by atoms with E-state index in [-0.39, 0.29) is 23.6 Å². The third-order valence-corrected chi connectivity index (χ3v) is 4.84. The van der Waals surface area contributed by atoms with Gasteiger partial charge in [-0.15, -0.1) is 0 Å². The summed E-state index contributed by atoms with van der Waals surface area (Å²) in [5.74, 6) is -0.478. The maximum Gasteiger partial charge on any atom is 0.270 e. The molecule has 1 aromatic carbocycles. The normalized spacial score (nSPS) is 14.4. The number of hydrogen-bond donors (Lipinski definition) is 2. The van der Waals surface area contributed by atoms with Crippen molar-refractivity contribution >= 4 is 23.2 Å². The Bertz CT molecular complexity index is 796. The van der Waals surface area contributed by atoms with E-state index < -0.39 is 0 Å². The molecule has 0 atom stereocenters. The molecule has 1 heterocycles. The largest absolute Gasteiger partial charge is 0.378 e. The number of carbonyl (C=O) groups is 2. The Morgan fingerprint density at radius 1 is 1.00 bits per heavy atom. The summed E-state index contributed by atoms with van der Waals surface area (Å²) in [7, 11) is 3.93. The SMILES string of the molecule is CN(C)c1ccc(NC(=O)c2ccnc(C(=O)NC3CCCCC3)c2)cc1. The zero-order valence-electron chi connectivity index (χ0n) is 15.9. The molecule has 0 saturated heterocycles. The van der Waals surface area contributed by atoms with Gasteiger partial charge in [-0.3, -0.25) is 14.6 Å². The van der Waals surface area contributed by atoms with Gasteiger partial charge in [0, 0.05) is 43.3 Å². The van der Waals surface area contributed by atoms with Crippen LogP contribution in [-0.2, 0) is 0 Å². The molecule has 142 valence electrons. The summed E-state index contributed by atoms with van der Waals surface area (Å²) in [6, 6.07) is 10.9. The average molecular weight is 366 g/mol. The predicted octanol–water partition coefficient (Wildman–Crippen LogP) is 3.46. The number of pyridine rings is 1. The van der Waals surface area contributed by atoms with Gasteiger partial charge in [0.1, 0.15) is 5.69 Å². The van der Waals surface area contributed by atoms with Crippen molar-refractivity contribution in [3.05, 3.63) is 53.9 Å². The summed E-state index contributed by atoms with van der Waals surface area (Å²) in [6.07, 6.45) is 7.04. The van der Waals surface area contributed by atoms with Crippen molar-refractivity contribution < 1.29 is 9.59 Å². The first-order chi connectivity index (χ1) is 13.0. The van der Waals surface area contributed by atoms with Gasteiger partial charge in [-0.1, -0.05) is 19.3 Å². The summed E-state index contributed by atoms with van der Waals surface area (Å²) < 4.78 is 0. The molecular weight excluding hydrogens is 340 g/mol. The lowest BCUT2D eigenvalue weighted by Crippen LogP contribution is -2.36. The number of anilines is 2. The topological polar surface area (TPSA) is 74.3 Å². The van der Waals surface area contributed by atoms with Crippen LogP contribution in [0.15, 0.2) is 42.6 Å². The van der Waals surface area contributed by atoms with E-state index in [0.29, 0.717) is 11.3 Å². The first-order valence-corrected chi connectivity index (χ1v) is 9.38. The Balaban J connectivity index is 1.65. The number of carbonyl (C=O) groups excluding carboxylic acids is 2. The molecule has 2 amide bonds. The third kappa shape index (κ3) is 5.06. The van der Waals surface area contributed by atoms with Crippen LogP contribution in [0.5, 0.6) is 0 Å². The van der Waals surface area contributed by atoms with E-state index >= 15 is 0 Å². The fourth-order valence-corrected chi connectivity index (χ4v) is 3.25. The van der Waals surface area contributed by atoms with Gasteiger partial charge in [-0.25, -0.2) is 0 Å². The molecule has 1 fully saturated rings. The van der Waals surface area contributed by atoms with E-state index in [1.54, 1.807) is 12.1 Å². The van der Waals surface area contributed by atoms with Crippen LogP contribution in [0.2, 0.25) is 0 Å². The highest BCUT2D eigenvalue weighted by Gasteiger charge is 2.18. The zero-order chi connectivity index (χ0) is 19.2. The predicted molar refractivity (Wildman–Crippen MR) is 107 cm³/mol. The first-order valence-electron chi connectivity index (χ1n) is 9.38. The number of amides is 2. The van der Waals surface area contributed by atoms with E-state index in [0.717, 1.165) is 31.4 Å². The number of nitrogens with one attached hydrogen (secondary N) is 2. The van der Waals surface area contributed by atoms with E-state index in [1.165, 1.54) is 12.6 Å². The van der Waals surface area contributed by atoms with Gasteiger partial charge >= 0.3 is 0 Å². The van der Waals surface area contributed by atoms with Crippen LogP contribution in [0.25, 0.3) is 0 Å². The summed E-state index contributed by atoms with van der Waals surface area (Å²) >= 11 is 0. The maximum absolute atomic E-state index is 12.5. The van der Waals surface area contributed by atoms with Crippen LogP contribution in [0, 0.1) is 0 Å². The zero-order valence-corrected chi connectivity index (χ0v) is 15.9. The van der Waals surface area contributed by atoms with Crippen LogP contribution in [0.3, 0.4) is 0 Å². The van der Waals surface area contributed by atoms with Crippen LogP contribution < -0.4 is 15.5 Å². The Labute approximate surface area is 160 Å². The van der Waals surface area contributed by atoms with E-state index in [4.69, 9.17) is 0 Å². The first kappa shape index (κ1) is 18.9. The lowest BCUT2D eigenvalue weighted by atomic mass is 9.95. The molecule has 6 heteroatoms. The second-order valence-electron chi connectivity index (χ2n) is 7.13. The highest BCUT2D eigenvalue weighted by atomic mass is 16.2. The Hall–Kier alpha value is -2.89. The number of nitrogens with zero attached hydrogens (tertiary/aromatic N) is 2. The number of rotatable bonds is 5. The lowest BCUT2D eigenvalue weighted by molar-refractivity contribution is 0.0922. The Morgan fingerprint density at radius 3 is 2.37 bits per heavy atom. The van der Waals surface area contributed by atoms with Crippen molar-refractivity contribution in [2.24, 2.45) is 0 Å². The molecular formula is C21H26N4O2. The van der Waals surface area contributed by atoms with Gasteiger partial charge < -0.3 is 15.5 Å². The van der Waals surface area contributed by atoms with E-state index in [9.17, 15) is 9.59 Å². The fraction of sp³-hybridized carbons (Fsp3) is 0.381. The van der Waals surface area contributed by atoms with Crippen LogP contribution in [0.1, 0.15) is 53.0 Å². The molecule has 2 aromatic rings. The summed E-state index contributed by atoms with van der Waals surface area (Å²) in [5, 5.41) is 5.88. The molecule has 0 spiro atoms. The molecule has 0 bridgehead atoms. The molecule has 6 nitrogen and oxygen atoms in total. The van der Waals surface area contributed by atoms with Crippen LogP contribution >= 0.6 is 0 Å². The minimum Gasteiger partial charge on any atom is -0.378 e.